The summed E-state index contributed by atoms with van der Waals surface area (Å²) in [5.74, 6) is 2.29. The summed E-state index contributed by atoms with van der Waals surface area (Å²) in [6.07, 6.45) is 9.66. The Bertz CT molecular complexity index is 623. The maximum Gasteiger partial charge on any atom is 0.155 e. The number of allylic oxidation sites excluding steroid dienone is 3. The summed E-state index contributed by atoms with van der Waals surface area (Å²) in [6.45, 7) is 4.63. The highest BCUT2D eigenvalue weighted by atomic mass is 35.5. The van der Waals surface area contributed by atoms with Crippen molar-refractivity contribution in [1.29, 1.82) is 0 Å². The lowest BCUT2D eigenvalue weighted by Gasteiger charge is -2.58. The lowest BCUT2D eigenvalue weighted by atomic mass is 9.47. The summed E-state index contributed by atoms with van der Waals surface area (Å²) in [5.41, 5.74) is 2.45. The van der Waals surface area contributed by atoms with E-state index in [9.17, 15) is 4.79 Å². The molecule has 0 N–H and O–H groups in total. The molecule has 0 spiro atoms. The van der Waals surface area contributed by atoms with Gasteiger partial charge < -0.3 is 0 Å². The van der Waals surface area contributed by atoms with Crippen LogP contribution >= 0.6 is 11.6 Å². The number of ketones is 1. The molecule has 4 aliphatic carbocycles. The highest BCUT2D eigenvalue weighted by molar-refractivity contribution is 6.18. The molecule has 3 fully saturated rings. The third-order valence-electron chi connectivity index (χ3n) is 8.11. The molecule has 0 aromatic rings. The van der Waals surface area contributed by atoms with E-state index in [4.69, 9.17) is 11.6 Å². The molecule has 24 heavy (non-hydrogen) atoms. The zero-order valence-corrected chi connectivity index (χ0v) is 15.5. The van der Waals surface area contributed by atoms with Crippen molar-refractivity contribution >= 4 is 17.4 Å². The molecule has 3 heteroatoms. The SMILES string of the molecule is C[C@]12CCC(=O)C=C1[C@@H](F)C[C@@H]1[C@@H]2CC[C@]2(C)C(=CCCl)CC[C@@H]12. The topological polar surface area (TPSA) is 17.1 Å². The number of carbonyl (C=O) groups excluding carboxylic acids is 1. The maximum absolute atomic E-state index is 15.1. The van der Waals surface area contributed by atoms with Gasteiger partial charge >= 0.3 is 0 Å². The molecule has 0 radical (unpaired) electrons. The van der Waals surface area contributed by atoms with E-state index in [-0.39, 0.29) is 16.6 Å². The minimum Gasteiger partial charge on any atom is -0.295 e. The van der Waals surface area contributed by atoms with Crippen LogP contribution in [-0.2, 0) is 4.79 Å². The second-order valence-corrected chi connectivity index (χ2v) is 9.25. The molecule has 1 nitrogen and oxygen atoms in total. The predicted molar refractivity (Wildman–Crippen MR) is 95.8 cm³/mol. The minimum atomic E-state index is -0.927. The molecule has 0 saturated heterocycles. The van der Waals surface area contributed by atoms with Crippen molar-refractivity contribution in [2.45, 2.75) is 65.0 Å². The average Bonchev–Trinajstić information content (AvgIpc) is 2.87. The summed E-state index contributed by atoms with van der Waals surface area (Å²) in [6, 6.07) is 0. The number of fused-ring (bicyclic) bond motifs is 5. The van der Waals surface area contributed by atoms with E-state index < -0.39 is 6.17 Å². The van der Waals surface area contributed by atoms with E-state index in [0.29, 0.717) is 36.5 Å². The Balaban J connectivity index is 1.71. The van der Waals surface area contributed by atoms with Crippen LogP contribution in [0.25, 0.3) is 0 Å². The summed E-state index contributed by atoms with van der Waals surface area (Å²) >= 11 is 5.99. The fourth-order valence-corrected chi connectivity index (χ4v) is 7.02. The van der Waals surface area contributed by atoms with E-state index in [1.807, 2.05) is 0 Å². The zero-order chi connectivity index (χ0) is 17.1. The van der Waals surface area contributed by atoms with Crippen LogP contribution in [0.3, 0.4) is 0 Å². The van der Waals surface area contributed by atoms with Crippen LogP contribution in [0.1, 0.15) is 58.8 Å². The molecule has 4 aliphatic rings. The van der Waals surface area contributed by atoms with Crippen LogP contribution in [0.4, 0.5) is 4.39 Å². The fourth-order valence-electron chi connectivity index (χ4n) is 6.83. The highest BCUT2D eigenvalue weighted by Crippen LogP contribution is 2.66. The molecule has 0 aromatic heterocycles. The van der Waals surface area contributed by atoms with E-state index in [0.717, 1.165) is 24.8 Å². The molecule has 0 heterocycles. The lowest BCUT2D eigenvalue weighted by molar-refractivity contribution is -0.117. The lowest BCUT2D eigenvalue weighted by Crippen LogP contribution is -2.52. The van der Waals surface area contributed by atoms with Gasteiger partial charge in [0.15, 0.2) is 5.78 Å². The van der Waals surface area contributed by atoms with E-state index >= 15 is 4.39 Å². The number of rotatable bonds is 1. The number of hydrogen-bond acceptors (Lipinski definition) is 1. The van der Waals surface area contributed by atoms with Gasteiger partial charge in [-0.05, 0) is 78.8 Å². The highest BCUT2D eigenvalue weighted by Gasteiger charge is 2.59. The quantitative estimate of drug-likeness (QED) is 0.442. The van der Waals surface area contributed by atoms with Gasteiger partial charge in [0.2, 0.25) is 0 Å². The maximum atomic E-state index is 15.1. The van der Waals surface area contributed by atoms with Crippen LogP contribution in [0.2, 0.25) is 0 Å². The van der Waals surface area contributed by atoms with Gasteiger partial charge in [-0.25, -0.2) is 4.39 Å². The molecule has 6 atom stereocenters. The van der Waals surface area contributed by atoms with Gasteiger partial charge in [0.05, 0.1) is 0 Å². The number of carbonyl (C=O) groups is 1. The van der Waals surface area contributed by atoms with Crippen molar-refractivity contribution in [3.63, 3.8) is 0 Å². The molecule has 132 valence electrons. The Morgan fingerprint density at radius 3 is 2.71 bits per heavy atom. The molecule has 0 amide bonds. The molecular formula is C21H28ClFO. The summed E-state index contributed by atoms with van der Waals surface area (Å²) in [5, 5.41) is 0. The van der Waals surface area contributed by atoms with Gasteiger partial charge in [-0.3, -0.25) is 4.79 Å². The predicted octanol–water partition coefficient (Wildman–Crippen LogP) is 5.63. The van der Waals surface area contributed by atoms with Gasteiger partial charge in [-0.2, -0.15) is 0 Å². The smallest absolute Gasteiger partial charge is 0.155 e. The minimum absolute atomic E-state index is 0.101. The third-order valence-corrected chi connectivity index (χ3v) is 8.26. The summed E-state index contributed by atoms with van der Waals surface area (Å²) in [7, 11) is 0. The zero-order valence-electron chi connectivity index (χ0n) is 14.8. The van der Waals surface area contributed by atoms with E-state index in [2.05, 4.69) is 19.9 Å². The Kier molecular flexibility index (Phi) is 3.99. The summed E-state index contributed by atoms with van der Waals surface area (Å²) < 4.78 is 15.1. The monoisotopic (exact) mass is 350 g/mol. The fraction of sp³-hybridized carbons (Fsp3) is 0.762. The van der Waals surface area contributed by atoms with Crippen molar-refractivity contribution < 1.29 is 9.18 Å². The Hall–Kier alpha value is -0.630. The molecule has 3 saturated carbocycles. The number of alkyl halides is 2. The van der Waals surface area contributed by atoms with Crippen LogP contribution in [0.5, 0.6) is 0 Å². The van der Waals surface area contributed by atoms with Crippen molar-refractivity contribution in [2.75, 3.05) is 5.88 Å². The first-order valence-corrected chi connectivity index (χ1v) is 10.1. The van der Waals surface area contributed by atoms with Crippen LogP contribution in [0, 0.1) is 28.6 Å². The molecule has 0 bridgehead atoms. The van der Waals surface area contributed by atoms with E-state index in [1.54, 1.807) is 6.08 Å². The third kappa shape index (κ3) is 2.21. The molecule has 4 rings (SSSR count). The first-order chi connectivity index (χ1) is 11.4. The van der Waals surface area contributed by atoms with Crippen LogP contribution in [0.15, 0.2) is 23.3 Å². The van der Waals surface area contributed by atoms with Crippen molar-refractivity contribution in [3.05, 3.63) is 23.3 Å². The largest absolute Gasteiger partial charge is 0.295 e. The molecule has 0 aliphatic heterocycles. The van der Waals surface area contributed by atoms with Gasteiger partial charge in [-0.1, -0.05) is 25.5 Å². The Labute approximate surface area is 149 Å². The first-order valence-electron chi connectivity index (χ1n) is 9.54. The standard InChI is InChI=1S/C21H28ClFO/c1-20-9-6-17-15(16(20)4-3-13(20)7-10-22)12-19(23)18-11-14(24)5-8-21(17,18)2/h7,11,15-17,19H,3-6,8-10,12H2,1-2H3/t15-,16-,17-,19-,20+,21+/m0/s1. The second-order valence-electron chi connectivity index (χ2n) is 8.94. The number of hydrogen-bond donors (Lipinski definition) is 0. The van der Waals surface area contributed by atoms with Gasteiger partial charge in [-0.15, -0.1) is 11.6 Å². The molecule has 0 aromatic carbocycles. The Morgan fingerprint density at radius 2 is 1.96 bits per heavy atom. The van der Waals surface area contributed by atoms with Crippen molar-refractivity contribution in [3.8, 4) is 0 Å². The molecule has 0 unspecified atom stereocenters. The first kappa shape index (κ1) is 16.8. The Morgan fingerprint density at radius 1 is 1.21 bits per heavy atom. The van der Waals surface area contributed by atoms with Crippen LogP contribution < -0.4 is 0 Å². The summed E-state index contributed by atoms with van der Waals surface area (Å²) in [4.78, 5) is 11.9. The molecular weight excluding hydrogens is 323 g/mol. The normalized spacial score (nSPS) is 49.4. The number of halogens is 2. The van der Waals surface area contributed by atoms with E-state index in [1.165, 1.54) is 18.4 Å². The second kappa shape index (κ2) is 5.69. The van der Waals surface area contributed by atoms with Gasteiger partial charge in [0.1, 0.15) is 6.17 Å². The van der Waals surface area contributed by atoms with Crippen LogP contribution in [-0.4, -0.2) is 17.8 Å². The van der Waals surface area contributed by atoms with Crippen molar-refractivity contribution in [1.82, 2.24) is 0 Å². The average molecular weight is 351 g/mol. The van der Waals surface area contributed by atoms with Gasteiger partial charge in [0, 0.05) is 12.3 Å². The van der Waals surface area contributed by atoms with Crippen molar-refractivity contribution in [2.24, 2.45) is 28.6 Å². The van der Waals surface area contributed by atoms with Gasteiger partial charge in [0.25, 0.3) is 0 Å².